The number of aromatic nitrogens is 3. The number of benzene rings is 1. The van der Waals surface area contributed by atoms with Crippen LogP contribution in [-0.4, -0.2) is 33.8 Å². The predicted molar refractivity (Wildman–Crippen MR) is 82.6 cm³/mol. The predicted octanol–water partition coefficient (Wildman–Crippen LogP) is 2.08. The highest BCUT2D eigenvalue weighted by atomic mass is 16.5. The molecule has 0 unspecified atom stereocenters. The number of methoxy groups -OCH3 is 1. The molecule has 0 aliphatic carbocycles. The van der Waals surface area contributed by atoms with Crippen molar-refractivity contribution in [3.63, 3.8) is 0 Å². The lowest BCUT2D eigenvalue weighted by Gasteiger charge is -2.08. The van der Waals surface area contributed by atoms with Crippen LogP contribution in [0.15, 0.2) is 24.3 Å². The van der Waals surface area contributed by atoms with E-state index in [1.54, 1.807) is 11.8 Å². The first kappa shape index (κ1) is 16.5. The highest BCUT2D eigenvalue weighted by Gasteiger charge is 2.11. The van der Waals surface area contributed by atoms with Crippen molar-refractivity contribution in [3.05, 3.63) is 41.2 Å². The maximum Gasteiger partial charge on any atom is 0.119 e. The molecule has 0 amide bonds. The fourth-order valence-electron chi connectivity index (χ4n) is 2.22. The molecule has 6 nitrogen and oxygen atoms in total. The number of aryl methyl sites for hydroxylation is 2. The highest BCUT2D eigenvalue weighted by molar-refractivity contribution is 5.27. The molecule has 0 atom stereocenters. The second-order valence-corrected chi connectivity index (χ2v) is 5.17. The van der Waals surface area contributed by atoms with Gasteiger partial charge in [0.1, 0.15) is 11.4 Å². The summed E-state index contributed by atoms with van der Waals surface area (Å²) in [6.45, 7) is 3.75. The van der Waals surface area contributed by atoms with Crippen LogP contribution in [0.2, 0.25) is 0 Å². The Labute approximate surface area is 130 Å². The Morgan fingerprint density at radius 2 is 2.14 bits per heavy atom. The van der Waals surface area contributed by atoms with E-state index in [4.69, 9.17) is 9.47 Å². The first-order valence-electron chi connectivity index (χ1n) is 7.45. The molecule has 0 saturated carbocycles. The van der Waals surface area contributed by atoms with E-state index in [2.05, 4.69) is 10.3 Å². The van der Waals surface area contributed by atoms with E-state index in [1.165, 1.54) is 5.56 Å². The van der Waals surface area contributed by atoms with Crippen molar-refractivity contribution in [1.29, 1.82) is 0 Å². The summed E-state index contributed by atoms with van der Waals surface area (Å²) in [5, 5.41) is 17.2. The van der Waals surface area contributed by atoms with Crippen molar-refractivity contribution < 1.29 is 14.6 Å². The van der Waals surface area contributed by atoms with Gasteiger partial charge in [-0.1, -0.05) is 17.3 Å². The molecule has 0 bridgehead atoms. The van der Waals surface area contributed by atoms with Gasteiger partial charge in [-0.25, -0.2) is 4.68 Å². The molecule has 1 aromatic carbocycles. The van der Waals surface area contributed by atoms with Crippen LogP contribution < -0.4 is 4.74 Å². The minimum atomic E-state index is -0.116. The second-order valence-electron chi connectivity index (χ2n) is 5.17. The first-order valence-corrected chi connectivity index (χ1v) is 7.45. The number of ether oxygens (including phenoxy) is 2. The minimum absolute atomic E-state index is 0.116. The molecule has 2 rings (SSSR count). The van der Waals surface area contributed by atoms with Gasteiger partial charge in [0.15, 0.2) is 0 Å². The molecule has 6 heteroatoms. The number of aliphatic hydroxyl groups excluding tert-OH is 1. The first-order chi connectivity index (χ1) is 10.7. The van der Waals surface area contributed by atoms with Crippen molar-refractivity contribution in [1.82, 2.24) is 15.0 Å². The van der Waals surface area contributed by atoms with E-state index in [0.717, 1.165) is 30.8 Å². The molecule has 1 heterocycles. The van der Waals surface area contributed by atoms with Crippen molar-refractivity contribution in [2.45, 2.75) is 39.5 Å². The largest absolute Gasteiger partial charge is 0.494 e. The van der Waals surface area contributed by atoms with Crippen molar-refractivity contribution >= 4 is 0 Å². The van der Waals surface area contributed by atoms with Crippen LogP contribution in [0, 0.1) is 6.92 Å². The van der Waals surface area contributed by atoms with Gasteiger partial charge in [-0.3, -0.25) is 0 Å². The minimum Gasteiger partial charge on any atom is -0.494 e. The molecule has 0 spiro atoms. The van der Waals surface area contributed by atoms with Crippen LogP contribution in [0.5, 0.6) is 5.75 Å². The Kier molecular flexibility index (Phi) is 6.36. The van der Waals surface area contributed by atoms with Crippen LogP contribution >= 0.6 is 0 Å². The van der Waals surface area contributed by atoms with Gasteiger partial charge in [0.05, 0.1) is 25.5 Å². The summed E-state index contributed by atoms with van der Waals surface area (Å²) in [7, 11) is 1.62. The smallest absolute Gasteiger partial charge is 0.119 e. The lowest BCUT2D eigenvalue weighted by Crippen LogP contribution is -2.09. The van der Waals surface area contributed by atoms with E-state index in [0.29, 0.717) is 18.9 Å². The standard InChI is InChI=1S/C16H23N3O3/c1-13-6-5-7-14(10-13)22-9-4-3-8-19-16(12-21-2)15(11-20)17-18-19/h5-7,10,20H,3-4,8-9,11-12H2,1-2H3. The second kappa shape index (κ2) is 8.51. The summed E-state index contributed by atoms with van der Waals surface area (Å²) in [6.07, 6.45) is 1.85. The molecule has 1 N–H and O–H groups in total. The van der Waals surface area contributed by atoms with Gasteiger partial charge < -0.3 is 14.6 Å². The summed E-state index contributed by atoms with van der Waals surface area (Å²) in [4.78, 5) is 0. The van der Waals surface area contributed by atoms with Crippen LogP contribution in [0.25, 0.3) is 0 Å². The normalized spacial score (nSPS) is 10.9. The number of aliphatic hydroxyl groups is 1. The Morgan fingerprint density at radius 3 is 2.86 bits per heavy atom. The SMILES string of the molecule is COCc1c(CO)nnn1CCCCOc1cccc(C)c1. The number of nitrogens with zero attached hydrogens (tertiary/aromatic N) is 3. The monoisotopic (exact) mass is 305 g/mol. The number of hydrogen-bond donors (Lipinski definition) is 1. The van der Waals surface area contributed by atoms with Crippen molar-refractivity contribution in [2.75, 3.05) is 13.7 Å². The van der Waals surface area contributed by atoms with E-state index < -0.39 is 0 Å². The maximum atomic E-state index is 9.23. The topological polar surface area (TPSA) is 69.4 Å². The summed E-state index contributed by atoms with van der Waals surface area (Å²) in [6, 6.07) is 8.04. The summed E-state index contributed by atoms with van der Waals surface area (Å²) in [5.41, 5.74) is 2.61. The van der Waals surface area contributed by atoms with Gasteiger partial charge in [0.25, 0.3) is 0 Å². The lowest BCUT2D eigenvalue weighted by atomic mass is 10.2. The van der Waals surface area contributed by atoms with Gasteiger partial charge in [-0.2, -0.15) is 0 Å². The summed E-state index contributed by atoms with van der Waals surface area (Å²) in [5.74, 6) is 0.906. The molecule has 0 aliphatic rings. The van der Waals surface area contributed by atoms with Gasteiger partial charge in [0.2, 0.25) is 0 Å². The Morgan fingerprint density at radius 1 is 1.27 bits per heavy atom. The molecule has 120 valence electrons. The fourth-order valence-corrected chi connectivity index (χ4v) is 2.22. The van der Waals surface area contributed by atoms with Gasteiger partial charge >= 0.3 is 0 Å². The third-order valence-electron chi connectivity index (χ3n) is 3.37. The van der Waals surface area contributed by atoms with E-state index in [1.807, 2.05) is 31.2 Å². The number of unbranched alkanes of at least 4 members (excludes halogenated alkanes) is 1. The molecular formula is C16H23N3O3. The molecule has 2 aromatic rings. The van der Waals surface area contributed by atoms with E-state index in [9.17, 15) is 5.11 Å². The van der Waals surface area contributed by atoms with E-state index in [-0.39, 0.29) is 6.61 Å². The summed E-state index contributed by atoms with van der Waals surface area (Å²) < 4.78 is 12.6. The van der Waals surface area contributed by atoms with Crippen molar-refractivity contribution in [2.24, 2.45) is 0 Å². The number of hydrogen-bond acceptors (Lipinski definition) is 5. The molecular weight excluding hydrogens is 282 g/mol. The molecule has 1 aromatic heterocycles. The fraction of sp³-hybridized carbons (Fsp3) is 0.500. The maximum absolute atomic E-state index is 9.23. The Balaban J connectivity index is 1.76. The van der Waals surface area contributed by atoms with Crippen molar-refractivity contribution in [3.8, 4) is 5.75 Å². The van der Waals surface area contributed by atoms with Gasteiger partial charge in [-0.15, -0.1) is 5.10 Å². The molecule has 0 fully saturated rings. The zero-order valence-electron chi connectivity index (χ0n) is 13.2. The van der Waals surface area contributed by atoms with Gasteiger partial charge in [0, 0.05) is 13.7 Å². The van der Waals surface area contributed by atoms with E-state index >= 15 is 0 Å². The highest BCUT2D eigenvalue weighted by Crippen LogP contribution is 2.13. The Bertz CT molecular complexity index is 584. The third-order valence-corrected chi connectivity index (χ3v) is 3.37. The number of rotatable bonds is 9. The van der Waals surface area contributed by atoms with Crippen LogP contribution in [0.4, 0.5) is 0 Å². The van der Waals surface area contributed by atoms with Crippen LogP contribution in [0.3, 0.4) is 0 Å². The quantitative estimate of drug-likeness (QED) is 0.718. The van der Waals surface area contributed by atoms with Crippen LogP contribution in [0.1, 0.15) is 29.8 Å². The van der Waals surface area contributed by atoms with Crippen LogP contribution in [-0.2, 0) is 24.5 Å². The average molecular weight is 305 g/mol. The zero-order chi connectivity index (χ0) is 15.8. The Hall–Kier alpha value is -1.92. The summed E-state index contributed by atoms with van der Waals surface area (Å²) >= 11 is 0. The molecule has 0 saturated heterocycles. The van der Waals surface area contributed by atoms with Gasteiger partial charge in [-0.05, 0) is 37.5 Å². The average Bonchev–Trinajstić information content (AvgIpc) is 2.90. The molecule has 22 heavy (non-hydrogen) atoms. The lowest BCUT2D eigenvalue weighted by molar-refractivity contribution is 0.172. The zero-order valence-corrected chi connectivity index (χ0v) is 13.2. The molecule has 0 aliphatic heterocycles. The molecule has 0 radical (unpaired) electrons. The third kappa shape index (κ3) is 4.54.